The minimum atomic E-state index is -0.735. The number of nitrogens with zero attached hydrogens (tertiary/aromatic N) is 1. The van der Waals surface area contributed by atoms with Crippen LogP contribution in [-0.2, 0) is 6.61 Å². The Bertz CT molecular complexity index is 511. The van der Waals surface area contributed by atoms with Crippen LogP contribution in [0.3, 0.4) is 0 Å². The lowest BCUT2D eigenvalue weighted by Crippen LogP contribution is -1.95. The van der Waals surface area contributed by atoms with E-state index in [1.54, 1.807) is 12.1 Å². The minimum Gasteiger partial charge on any atom is -0.438 e. The number of halogens is 2. The Hall–Kier alpha value is -2.01. The molecular formula is C12H9F2NO2. The van der Waals surface area contributed by atoms with Gasteiger partial charge in [-0.1, -0.05) is 0 Å². The van der Waals surface area contributed by atoms with Crippen molar-refractivity contribution in [2.45, 2.75) is 6.61 Å². The zero-order valence-corrected chi connectivity index (χ0v) is 8.73. The fourth-order valence-corrected chi connectivity index (χ4v) is 1.34. The number of benzene rings is 1. The summed E-state index contributed by atoms with van der Waals surface area (Å²) < 4.78 is 31.1. The van der Waals surface area contributed by atoms with E-state index in [9.17, 15) is 8.78 Å². The molecule has 1 aromatic carbocycles. The van der Waals surface area contributed by atoms with Gasteiger partial charge >= 0.3 is 0 Å². The first-order valence-electron chi connectivity index (χ1n) is 4.88. The molecule has 0 radical (unpaired) electrons. The van der Waals surface area contributed by atoms with Crippen LogP contribution < -0.4 is 4.74 Å². The molecule has 2 rings (SSSR count). The minimum absolute atomic E-state index is 0.00380. The lowest BCUT2D eigenvalue weighted by molar-refractivity contribution is 0.275. The van der Waals surface area contributed by atoms with Crippen molar-refractivity contribution < 1.29 is 18.6 Å². The smallest absolute Gasteiger partial charge is 0.224 e. The second-order valence-electron chi connectivity index (χ2n) is 3.33. The molecule has 2 aromatic rings. The lowest BCUT2D eigenvalue weighted by Gasteiger charge is -2.08. The van der Waals surface area contributed by atoms with Gasteiger partial charge in [-0.15, -0.1) is 0 Å². The Morgan fingerprint density at radius 2 is 1.88 bits per heavy atom. The first-order chi connectivity index (χ1) is 8.19. The van der Waals surface area contributed by atoms with Crippen LogP contribution in [0, 0.1) is 11.6 Å². The van der Waals surface area contributed by atoms with E-state index in [4.69, 9.17) is 9.84 Å². The van der Waals surface area contributed by atoms with Crippen LogP contribution in [0.15, 0.2) is 36.5 Å². The van der Waals surface area contributed by atoms with Crippen LogP contribution in [0.2, 0.25) is 0 Å². The molecule has 0 atom stereocenters. The molecule has 17 heavy (non-hydrogen) atoms. The summed E-state index contributed by atoms with van der Waals surface area (Å²) in [4.78, 5) is 3.88. The highest BCUT2D eigenvalue weighted by molar-refractivity contribution is 5.32. The molecule has 0 bridgehead atoms. The number of ether oxygens (including phenoxy) is 1. The van der Waals surface area contributed by atoms with Crippen molar-refractivity contribution in [1.29, 1.82) is 0 Å². The molecule has 0 amide bonds. The molecule has 0 aliphatic heterocycles. The third-order valence-electron chi connectivity index (χ3n) is 2.07. The van der Waals surface area contributed by atoms with Gasteiger partial charge in [-0.2, -0.15) is 0 Å². The van der Waals surface area contributed by atoms with Crippen molar-refractivity contribution in [1.82, 2.24) is 4.98 Å². The first-order valence-corrected chi connectivity index (χ1v) is 4.88. The summed E-state index contributed by atoms with van der Waals surface area (Å²) in [6, 6.07) is 6.07. The predicted octanol–water partition coefficient (Wildman–Crippen LogP) is 2.64. The molecule has 0 unspecified atom stereocenters. The standard InChI is InChI=1S/C12H9F2NO2/c13-9-4-10(14)6-11(5-9)17-12-8(7-16)2-1-3-15-12/h1-6,16H,7H2. The second kappa shape index (κ2) is 4.88. The molecule has 3 nitrogen and oxygen atoms in total. The van der Waals surface area contributed by atoms with Gasteiger partial charge in [0.1, 0.15) is 17.4 Å². The van der Waals surface area contributed by atoms with Crippen LogP contribution in [0.1, 0.15) is 5.56 Å². The molecule has 1 aromatic heterocycles. The van der Waals surface area contributed by atoms with E-state index in [0.717, 1.165) is 18.2 Å². The Labute approximate surface area is 96.3 Å². The van der Waals surface area contributed by atoms with E-state index in [-0.39, 0.29) is 18.2 Å². The monoisotopic (exact) mass is 237 g/mol. The van der Waals surface area contributed by atoms with Crippen LogP contribution in [-0.4, -0.2) is 10.1 Å². The number of hydrogen-bond acceptors (Lipinski definition) is 3. The van der Waals surface area contributed by atoms with Crippen molar-refractivity contribution >= 4 is 0 Å². The largest absolute Gasteiger partial charge is 0.438 e. The number of aliphatic hydroxyl groups excluding tert-OH is 1. The summed E-state index contributed by atoms with van der Waals surface area (Å²) in [7, 11) is 0. The Morgan fingerprint density at radius 1 is 1.18 bits per heavy atom. The fourth-order valence-electron chi connectivity index (χ4n) is 1.34. The van der Waals surface area contributed by atoms with Crippen molar-refractivity contribution in [3.63, 3.8) is 0 Å². The molecule has 0 spiro atoms. The summed E-state index contributed by atoms with van der Waals surface area (Å²) in [5.74, 6) is -1.35. The molecule has 0 aliphatic rings. The molecule has 0 fully saturated rings. The summed E-state index contributed by atoms with van der Waals surface area (Å²) in [6.07, 6.45) is 1.46. The maximum atomic E-state index is 12.9. The highest BCUT2D eigenvalue weighted by Gasteiger charge is 2.07. The number of hydrogen-bond donors (Lipinski definition) is 1. The van der Waals surface area contributed by atoms with E-state index in [0.29, 0.717) is 5.56 Å². The van der Waals surface area contributed by atoms with Crippen molar-refractivity contribution in [2.24, 2.45) is 0 Å². The van der Waals surface area contributed by atoms with Gasteiger partial charge < -0.3 is 9.84 Å². The normalized spacial score (nSPS) is 10.3. The van der Waals surface area contributed by atoms with Gasteiger partial charge in [0.2, 0.25) is 5.88 Å². The average molecular weight is 237 g/mol. The summed E-state index contributed by atoms with van der Waals surface area (Å²) in [5.41, 5.74) is 0.442. The molecule has 5 heteroatoms. The molecule has 0 aliphatic carbocycles. The summed E-state index contributed by atoms with van der Waals surface area (Å²) in [6.45, 7) is -0.263. The summed E-state index contributed by atoms with van der Waals surface area (Å²) in [5, 5.41) is 9.04. The summed E-state index contributed by atoms with van der Waals surface area (Å²) >= 11 is 0. The van der Waals surface area contributed by atoms with Gasteiger partial charge in [0.05, 0.1) is 6.61 Å². The van der Waals surface area contributed by atoms with Crippen molar-refractivity contribution in [2.75, 3.05) is 0 Å². The number of aliphatic hydroxyl groups is 1. The number of rotatable bonds is 3. The third kappa shape index (κ3) is 2.76. The van der Waals surface area contributed by atoms with Crippen LogP contribution >= 0.6 is 0 Å². The quantitative estimate of drug-likeness (QED) is 0.892. The third-order valence-corrected chi connectivity index (χ3v) is 2.07. The van der Waals surface area contributed by atoms with Gasteiger partial charge in [0.25, 0.3) is 0 Å². The molecule has 1 heterocycles. The Balaban J connectivity index is 2.31. The van der Waals surface area contributed by atoms with E-state index in [1.807, 2.05) is 0 Å². The van der Waals surface area contributed by atoms with E-state index >= 15 is 0 Å². The van der Waals surface area contributed by atoms with E-state index in [2.05, 4.69) is 4.98 Å². The van der Waals surface area contributed by atoms with E-state index < -0.39 is 11.6 Å². The van der Waals surface area contributed by atoms with Crippen molar-refractivity contribution in [3.05, 3.63) is 53.7 Å². The van der Waals surface area contributed by atoms with Crippen LogP contribution in [0.4, 0.5) is 8.78 Å². The lowest BCUT2D eigenvalue weighted by atomic mass is 10.3. The highest BCUT2D eigenvalue weighted by Crippen LogP contribution is 2.24. The zero-order valence-electron chi connectivity index (χ0n) is 8.73. The topological polar surface area (TPSA) is 42.4 Å². The SMILES string of the molecule is OCc1cccnc1Oc1cc(F)cc(F)c1. The number of pyridine rings is 1. The second-order valence-corrected chi connectivity index (χ2v) is 3.33. The Morgan fingerprint density at radius 3 is 2.53 bits per heavy atom. The maximum absolute atomic E-state index is 12.9. The predicted molar refractivity (Wildman–Crippen MR) is 56.6 cm³/mol. The van der Waals surface area contributed by atoms with Gasteiger partial charge in [0.15, 0.2) is 0 Å². The maximum Gasteiger partial charge on any atom is 0.224 e. The molecule has 0 saturated carbocycles. The zero-order chi connectivity index (χ0) is 12.3. The van der Waals surface area contributed by atoms with E-state index in [1.165, 1.54) is 6.20 Å². The first kappa shape index (κ1) is 11.5. The van der Waals surface area contributed by atoms with Gasteiger partial charge in [-0.25, -0.2) is 13.8 Å². The van der Waals surface area contributed by atoms with Crippen LogP contribution in [0.25, 0.3) is 0 Å². The fraction of sp³-hybridized carbons (Fsp3) is 0.0833. The van der Waals surface area contributed by atoms with Crippen molar-refractivity contribution in [3.8, 4) is 11.6 Å². The molecule has 0 saturated heterocycles. The average Bonchev–Trinajstić information content (AvgIpc) is 2.28. The van der Waals surface area contributed by atoms with Gasteiger partial charge in [-0.05, 0) is 12.1 Å². The molecule has 88 valence electrons. The van der Waals surface area contributed by atoms with Gasteiger partial charge in [-0.3, -0.25) is 0 Å². The Kier molecular flexibility index (Phi) is 3.30. The van der Waals surface area contributed by atoms with Gasteiger partial charge in [0, 0.05) is 30.0 Å². The molecular weight excluding hydrogens is 228 g/mol. The highest BCUT2D eigenvalue weighted by atomic mass is 19.1. The van der Waals surface area contributed by atoms with Crippen LogP contribution in [0.5, 0.6) is 11.6 Å². The molecule has 1 N–H and O–H groups in total. The number of aromatic nitrogens is 1.